The maximum atomic E-state index is 13.4. The SMILES string of the molecule is CNC(=O)N1CCC(N(C)C(=O)Nc2ccc(-c3cccc(F)c3)s2)CC1. The molecule has 1 fully saturated rings. The number of carbonyl (C=O) groups is 2. The van der Waals surface area contributed by atoms with Crippen LogP contribution in [-0.4, -0.2) is 55.1 Å². The predicted molar refractivity (Wildman–Crippen MR) is 106 cm³/mol. The van der Waals surface area contributed by atoms with Crippen LogP contribution in [0.1, 0.15) is 12.8 Å². The smallest absolute Gasteiger partial charge is 0.322 e. The summed E-state index contributed by atoms with van der Waals surface area (Å²) in [4.78, 5) is 28.6. The molecule has 1 saturated heterocycles. The molecule has 2 N–H and O–H groups in total. The normalized spacial score (nSPS) is 14.7. The van der Waals surface area contributed by atoms with E-state index in [4.69, 9.17) is 0 Å². The van der Waals surface area contributed by atoms with Gasteiger partial charge >= 0.3 is 12.1 Å². The molecule has 0 unspecified atom stereocenters. The van der Waals surface area contributed by atoms with Crippen molar-refractivity contribution in [2.75, 3.05) is 32.5 Å². The number of amides is 4. The lowest BCUT2D eigenvalue weighted by molar-refractivity contribution is 0.146. The Balaban J connectivity index is 1.57. The fraction of sp³-hybridized carbons (Fsp3) is 0.368. The summed E-state index contributed by atoms with van der Waals surface area (Å²) >= 11 is 1.41. The minimum absolute atomic E-state index is 0.0796. The van der Waals surface area contributed by atoms with Crippen molar-refractivity contribution in [3.8, 4) is 10.4 Å². The number of anilines is 1. The Bertz CT molecular complexity index is 818. The molecule has 0 atom stereocenters. The summed E-state index contributed by atoms with van der Waals surface area (Å²) < 4.78 is 13.4. The lowest BCUT2D eigenvalue weighted by Crippen LogP contribution is -2.50. The Morgan fingerprint density at radius 1 is 1.22 bits per heavy atom. The predicted octanol–water partition coefficient (Wildman–Crippen LogP) is 3.82. The van der Waals surface area contributed by atoms with Crippen LogP contribution in [0.5, 0.6) is 0 Å². The third-order valence-electron chi connectivity index (χ3n) is 4.78. The van der Waals surface area contributed by atoms with Crippen LogP contribution in [0.3, 0.4) is 0 Å². The van der Waals surface area contributed by atoms with E-state index in [-0.39, 0.29) is 23.9 Å². The van der Waals surface area contributed by atoms with Gasteiger partial charge in [0, 0.05) is 38.1 Å². The number of carbonyl (C=O) groups excluding carboxylic acids is 2. The number of thiophene rings is 1. The molecule has 2 heterocycles. The summed E-state index contributed by atoms with van der Waals surface area (Å²) in [6, 6.07) is 9.92. The van der Waals surface area contributed by atoms with Crippen LogP contribution in [0.2, 0.25) is 0 Å². The zero-order valence-electron chi connectivity index (χ0n) is 15.4. The monoisotopic (exact) mass is 390 g/mol. The molecular formula is C19H23FN4O2S. The van der Waals surface area contributed by atoms with E-state index in [0.717, 1.165) is 23.3 Å². The number of halogens is 1. The number of hydrogen-bond donors (Lipinski definition) is 2. The van der Waals surface area contributed by atoms with Crippen molar-refractivity contribution in [1.82, 2.24) is 15.1 Å². The molecule has 0 aliphatic carbocycles. The molecule has 0 spiro atoms. The highest BCUT2D eigenvalue weighted by atomic mass is 32.1. The van der Waals surface area contributed by atoms with Gasteiger partial charge in [0.2, 0.25) is 0 Å². The summed E-state index contributed by atoms with van der Waals surface area (Å²) in [5.41, 5.74) is 0.787. The van der Waals surface area contributed by atoms with Crippen LogP contribution >= 0.6 is 11.3 Å². The summed E-state index contributed by atoms with van der Waals surface area (Å²) in [5, 5.41) is 6.25. The van der Waals surface area contributed by atoms with Crippen LogP contribution in [0.15, 0.2) is 36.4 Å². The Kier molecular flexibility index (Phi) is 5.95. The molecule has 1 aliphatic rings. The standard InChI is InChI=1S/C19H23FN4O2S/c1-21-18(25)24-10-8-15(9-11-24)23(2)19(26)22-17-7-6-16(27-17)13-4-3-5-14(20)12-13/h3-7,12,15H,8-11H2,1-2H3,(H,21,25)(H,22,26). The summed E-state index contributed by atoms with van der Waals surface area (Å²) in [6.07, 6.45) is 1.49. The van der Waals surface area contributed by atoms with E-state index in [1.54, 1.807) is 30.0 Å². The number of hydrogen-bond acceptors (Lipinski definition) is 3. The van der Waals surface area contributed by atoms with E-state index in [1.807, 2.05) is 18.2 Å². The molecule has 0 saturated carbocycles. The molecule has 144 valence electrons. The number of nitrogens with one attached hydrogen (secondary N) is 2. The van der Waals surface area contributed by atoms with E-state index in [1.165, 1.54) is 23.5 Å². The molecule has 0 radical (unpaired) electrons. The highest BCUT2D eigenvalue weighted by molar-refractivity contribution is 7.19. The van der Waals surface area contributed by atoms with E-state index in [2.05, 4.69) is 10.6 Å². The molecule has 8 heteroatoms. The second-order valence-electron chi connectivity index (χ2n) is 6.49. The fourth-order valence-corrected chi connectivity index (χ4v) is 4.07. The lowest BCUT2D eigenvalue weighted by atomic mass is 10.0. The van der Waals surface area contributed by atoms with E-state index in [9.17, 15) is 14.0 Å². The van der Waals surface area contributed by atoms with Crippen LogP contribution < -0.4 is 10.6 Å². The van der Waals surface area contributed by atoms with Crippen molar-refractivity contribution in [2.24, 2.45) is 0 Å². The average molecular weight is 390 g/mol. The number of benzene rings is 1. The third kappa shape index (κ3) is 4.57. The Hall–Kier alpha value is -2.61. The topological polar surface area (TPSA) is 64.7 Å². The van der Waals surface area contributed by atoms with Crippen LogP contribution in [0.25, 0.3) is 10.4 Å². The zero-order valence-corrected chi connectivity index (χ0v) is 16.2. The Morgan fingerprint density at radius 3 is 2.63 bits per heavy atom. The molecule has 6 nitrogen and oxygen atoms in total. The largest absolute Gasteiger partial charge is 0.341 e. The summed E-state index contributed by atoms with van der Waals surface area (Å²) in [5.74, 6) is -0.283. The van der Waals surface area contributed by atoms with Crippen LogP contribution in [0, 0.1) is 5.82 Å². The second kappa shape index (κ2) is 8.39. The van der Waals surface area contributed by atoms with Crippen molar-refractivity contribution in [3.63, 3.8) is 0 Å². The van der Waals surface area contributed by atoms with Gasteiger partial charge in [-0.25, -0.2) is 14.0 Å². The molecule has 1 aliphatic heterocycles. The first kappa shape index (κ1) is 19.2. The van der Waals surface area contributed by atoms with Gasteiger partial charge in [0.25, 0.3) is 0 Å². The molecule has 1 aromatic heterocycles. The highest BCUT2D eigenvalue weighted by Crippen LogP contribution is 2.32. The molecule has 0 bridgehead atoms. The van der Waals surface area contributed by atoms with Gasteiger partial charge in [-0.05, 0) is 42.7 Å². The first-order valence-electron chi connectivity index (χ1n) is 8.84. The van der Waals surface area contributed by atoms with E-state index < -0.39 is 0 Å². The average Bonchev–Trinajstić information content (AvgIpc) is 3.15. The van der Waals surface area contributed by atoms with E-state index >= 15 is 0 Å². The number of urea groups is 2. The maximum Gasteiger partial charge on any atom is 0.322 e. The third-order valence-corrected chi connectivity index (χ3v) is 5.83. The quantitative estimate of drug-likeness (QED) is 0.837. The van der Waals surface area contributed by atoms with Crippen molar-refractivity contribution < 1.29 is 14.0 Å². The van der Waals surface area contributed by atoms with Crippen LogP contribution in [-0.2, 0) is 0 Å². The van der Waals surface area contributed by atoms with Crippen molar-refractivity contribution in [2.45, 2.75) is 18.9 Å². The molecule has 27 heavy (non-hydrogen) atoms. The maximum absolute atomic E-state index is 13.4. The minimum atomic E-state index is -0.283. The first-order valence-corrected chi connectivity index (χ1v) is 9.66. The number of piperidine rings is 1. The van der Waals surface area contributed by atoms with Gasteiger partial charge in [0.15, 0.2) is 0 Å². The van der Waals surface area contributed by atoms with Crippen molar-refractivity contribution >= 4 is 28.4 Å². The molecular weight excluding hydrogens is 367 g/mol. The Morgan fingerprint density at radius 2 is 1.96 bits per heavy atom. The van der Waals surface area contributed by atoms with Crippen molar-refractivity contribution in [1.29, 1.82) is 0 Å². The summed E-state index contributed by atoms with van der Waals surface area (Å²) in [6.45, 7) is 1.26. The molecule has 4 amide bonds. The fourth-order valence-electron chi connectivity index (χ4n) is 3.18. The summed E-state index contributed by atoms with van der Waals surface area (Å²) in [7, 11) is 3.39. The number of likely N-dealkylation sites (tertiary alicyclic amines) is 1. The van der Waals surface area contributed by atoms with Gasteiger partial charge in [-0.1, -0.05) is 12.1 Å². The molecule has 1 aromatic carbocycles. The Labute approximate surface area is 162 Å². The van der Waals surface area contributed by atoms with Gasteiger partial charge in [-0.15, -0.1) is 11.3 Å². The van der Waals surface area contributed by atoms with Gasteiger partial charge < -0.3 is 15.1 Å². The zero-order chi connectivity index (χ0) is 19.4. The number of nitrogens with zero attached hydrogens (tertiary/aromatic N) is 2. The van der Waals surface area contributed by atoms with Gasteiger partial charge in [0.1, 0.15) is 5.82 Å². The van der Waals surface area contributed by atoms with Crippen molar-refractivity contribution in [3.05, 3.63) is 42.2 Å². The second-order valence-corrected chi connectivity index (χ2v) is 7.57. The van der Waals surface area contributed by atoms with Gasteiger partial charge in [-0.2, -0.15) is 0 Å². The van der Waals surface area contributed by atoms with Gasteiger partial charge in [0.05, 0.1) is 5.00 Å². The van der Waals surface area contributed by atoms with Gasteiger partial charge in [-0.3, -0.25) is 5.32 Å². The minimum Gasteiger partial charge on any atom is -0.341 e. The lowest BCUT2D eigenvalue weighted by Gasteiger charge is -2.36. The number of rotatable bonds is 3. The first-order chi connectivity index (χ1) is 13.0. The van der Waals surface area contributed by atoms with Crippen LogP contribution in [0.4, 0.5) is 19.0 Å². The van der Waals surface area contributed by atoms with E-state index in [0.29, 0.717) is 18.1 Å². The molecule has 2 aromatic rings. The highest BCUT2D eigenvalue weighted by Gasteiger charge is 2.27. The molecule has 3 rings (SSSR count).